The van der Waals surface area contributed by atoms with Gasteiger partial charge in [-0.15, -0.1) is 0 Å². The summed E-state index contributed by atoms with van der Waals surface area (Å²) < 4.78 is 11.9. The molecule has 0 aromatic carbocycles. The molecule has 3 heteroatoms. The molecule has 54 valence electrons. The van der Waals surface area contributed by atoms with Crippen LogP contribution >= 0.6 is 0 Å². The van der Waals surface area contributed by atoms with Gasteiger partial charge in [0.2, 0.25) is 0 Å². The van der Waals surface area contributed by atoms with Crippen molar-refractivity contribution in [3.05, 3.63) is 23.3 Å². The molecule has 0 aliphatic carbocycles. The molecular weight excluding hydrogens is 131 g/mol. The highest BCUT2D eigenvalue weighted by molar-refractivity contribution is 5.13. The van der Waals surface area contributed by atoms with Crippen molar-refractivity contribution in [3.63, 3.8) is 0 Å². The van der Waals surface area contributed by atoms with E-state index in [1.54, 1.807) is 6.20 Å². The van der Waals surface area contributed by atoms with Crippen LogP contribution in [0.2, 0.25) is 0 Å². The summed E-state index contributed by atoms with van der Waals surface area (Å²) in [7, 11) is 0. The molecular formula is C7H9FN2. The topological polar surface area (TPSA) is 25.8 Å². The van der Waals surface area contributed by atoms with Crippen LogP contribution in [-0.2, 0) is 6.67 Å². The zero-order chi connectivity index (χ0) is 7.56. The number of aryl methyl sites for hydroxylation is 2. The van der Waals surface area contributed by atoms with Gasteiger partial charge in [-0.1, -0.05) is 0 Å². The molecule has 1 rings (SSSR count). The molecule has 0 saturated heterocycles. The minimum absolute atomic E-state index is 0.267. The Balaban J connectivity index is 3.04. The van der Waals surface area contributed by atoms with Crippen molar-refractivity contribution < 1.29 is 4.39 Å². The quantitative estimate of drug-likeness (QED) is 0.591. The van der Waals surface area contributed by atoms with Crippen molar-refractivity contribution in [3.8, 4) is 0 Å². The molecule has 0 fully saturated rings. The summed E-state index contributed by atoms with van der Waals surface area (Å²) in [5.74, 6) is 0.267. The number of alkyl halides is 1. The van der Waals surface area contributed by atoms with Gasteiger partial charge >= 0.3 is 0 Å². The third kappa shape index (κ3) is 1.29. The average Bonchev–Trinajstić information content (AvgIpc) is 1.95. The molecule has 1 aromatic heterocycles. The smallest absolute Gasteiger partial charge is 0.159 e. The van der Waals surface area contributed by atoms with Gasteiger partial charge in [0.15, 0.2) is 5.82 Å². The summed E-state index contributed by atoms with van der Waals surface area (Å²) in [6.45, 7) is 3.16. The molecule has 10 heavy (non-hydrogen) atoms. The Morgan fingerprint density at radius 1 is 1.50 bits per heavy atom. The molecule has 0 unspecified atom stereocenters. The lowest BCUT2D eigenvalue weighted by Gasteiger charge is -1.97. The zero-order valence-corrected chi connectivity index (χ0v) is 6.06. The Hall–Kier alpha value is -0.990. The van der Waals surface area contributed by atoms with Crippen LogP contribution in [0.1, 0.15) is 17.1 Å². The van der Waals surface area contributed by atoms with Crippen LogP contribution in [-0.4, -0.2) is 9.97 Å². The lowest BCUT2D eigenvalue weighted by atomic mass is 10.3. The third-order valence-corrected chi connectivity index (χ3v) is 1.39. The van der Waals surface area contributed by atoms with Gasteiger partial charge in [0.25, 0.3) is 0 Å². The van der Waals surface area contributed by atoms with Gasteiger partial charge in [-0.05, 0) is 19.4 Å². The Morgan fingerprint density at radius 2 is 2.20 bits per heavy atom. The first-order valence-corrected chi connectivity index (χ1v) is 3.09. The molecule has 0 saturated carbocycles. The molecule has 2 nitrogen and oxygen atoms in total. The molecule has 0 bridgehead atoms. The maximum atomic E-state index is 11.9. The summed E-state index contributed by atoms with van der Waals surface area (Å²) in [5.41, 5.74) is 1.85. The second-order valence-electron chi connectivity index (χ2n) is 2.19. The highest BCUT2D eigenvalue weighted by atomic mass is 19.1. The van der Waals surface area contributed by atoms with E-state index < -0.39 is 6.67 Å². The molecule has 0 aliphatic rings. The second kappa shape index (κ2) is 2.73. The third-order valence-electron chi connectivity index (χ3n) is 1.39. The lowest BCUT2D eigenvalue weighted by Crippen LogP contribution is -1.95. The maximum absolute atomic E-state index is 11.9. The number of rotatable bonds is 1. The van der Waals surface area contributed by atoms with Crippen LogP contribution in [0, 0.1) is 13.8 Å². The monoisotopic (exact) mass is 140 g/mol. The van der Waals surface area contributed by atoms with Crippen molar-refractivity contribution in [2.45, 2.75) is 20.5 Å². The molecule has 0 amide bonds. The van der Waals surface area contributed by atoms with Crippen LogP contribution in [0.4, 0.5) is 4.39 Å². The van der Waals surface area contributed by atoms with Crippen LogP contribution in [0.3, 0.4) is 0 Å². The first-order chi connectivity index (χ1) is 4.74. The fraction of sp³-hybridized carbons (Fsp3) is 0.429. The fourth-order valence-electron chi connectivity index (χ4n) is 0.640. The molecule has 0 spiro atoms. The SMILES string of the molecule is Cc1cnc(CF)nc1C. The van der Waals surface area contributed by atoms with E-state index >= 15 is 0 Å². The second-order valence-corrected chi connectivity index (χ2v) is 2.19. The van der Waals surface area contributed by atoms with Crippen molar-refractivity contribution in [1.82, 2.24) is 9.97 Å². The lowest BCUT2D eigenvalue weighted by molar-refractivity contribution is 0.464. The summed E-state index contributed by atoms with van der Waals surface area (Å²) in [5, 5.41) is 0. The molecule has 0 radical (unpaired) electrons. The first-order valence-electron chi connectivity index (χ1n) is 3.09. The highest BCUT2D eigenvalue weighted by Gasteiger charge is 1.96. The average molecular weight is 140 g/mol. The number of aromatic nitrogens is 2. The summed E-state index contributed by atoms with van der Waals surface area (Å²) in [4.78, 5) is 7.68. The Bertz CT molecular complexity index is 235. The number of hydrogen-bond donors (Lipinski definition) is 0. The van der Waals surface area contributed by atoms with Crippen molar-refractivity contribution >= 4 is 0 Å². The molecule has 0 N–H and O–H groups in total. The van der Waals surface area contributed by atoms with E-state index in [0.717, 1.165) is 11.3 Å². The standard InChI is InChI=1S/C7H9FN2/c1-5-4-9-7(3-8)10-6(5)2/h4H,3H2,1-2H3. The van der Waals surface area contributed by atoms with Crippen LogP contribution in [0.15, 0.2) is 6.20 Å². The van der Waals surface area contributed by atoms with Gasteiger partial charge < -0.3 is 0 Å². The predicted molar refractivity (Wildman–Crippen MR) is 36.3 cm³/mol. The maximum Gasteiger partial charge on any atom is 0.159 e. The van der Waals surface area contributed by atoms with E-state index in [4.69, 9.17) is 0 Å². The van der Waals surface area contributed by atoms with Crippen LogP contribution < -0.4 is 0 Å². The van der Waals surface area contributed by atoms with Crippen molar-refractivity contribution in [2.75, 3.05) is 0 Å². The highest BCUT2D eigenvalue weighted by Crippen LogP contribution is 2.01. The molecule has 1 heterocycles. The number of hydrogen-bond acceptors (Lipinski definition) is 2. The Labute approximate surface area is 59.1 Å². The van der Waals surface area contributed by atoms with E-state index in [1.165, 1.54) is 0 Å². The fourth-order valence-corrected chi connectivity index (χ4v) is 0.640. The Kier molecular flexibility index (Phi) is 1.94. The van der Waals surface area contributed by atoms with E-state index in [0.29, 0.717) is 0 Å². The van der Waals surface area contributed by atoms with Crippen LogP contribution in [0.25, 0.3) is 0 Å². The largest absolute Gasteiger partial charge is 0.242 e. The van der Waals surface area contributed by atoms with Gasteiger partial charge in [0, 0.05) is 11.9 Å². The zero-order valence-electron chi connectivity index (χ0n) is 6.06. The minimum Gasteiger partial charge on any atom is -0.242 e. The molecule has 0 atom stereocenters. The first kappa shape index (κ1) is 7.12. The molecule has 0 aliphatic heterocycles. The summed E-state index contributed by atoms with van der Waals surface area (Å²) in [6, 6.07) is 0. The minimum atomic E-state index is -0.582. The van der Waals surface area contributed by atoms with E-state index in [1.807, 2.05) is 13.8 Å². The van der Waals surface area contributed by atoms with Gasteiger partial charge in [0.05, 0.1) is 0 Å². The van der Waals surface area contributed by atoms with E-state index in [2.05, 4.69) is 9.97 Å². The van der Waals surface area contributed by atoms with Gasteiger partial charge in [-0.2, -0.15) is 0 Å². The van der Waals surface area contributed by atoms with Gasteiger partial charge in [-0.3, -0.25) is 0 Å². The van der Waals surface area contributed by atoms with E-state index in [9.17, 15) is 4.39 Å². The van der Waals surface area contributed by atoms with Crippen molar-refractivity contribution in [2.24, 2.45) is 0 Å². The van der Waals surface area contributed by atoms with Gasteiger partial charge in [0.1, 0.15) is 6.67 Å². The summed E-state index contributed by atoms with van der Waals surface area (Å²) >= 11 is 0. The molecule has 1 aromatic rings. The number of halogens is 1. The van der Waals surface area contributed by atoms with E-state index in [-0.39, 0.29) is 5.82 Å². The van der Waals surface area contributed by atoms with Crippen molar-refractivity contribution in [1.29, 1.82) is 0 Å². The van der Waals surface area contributed by atoms with Crippen LogP contribution in [0.5, 0.6) is 0 Å². The van der Waals surface area contributed by atoms with Gasteiger partial charge in [-0.25, -0.2) is 14.4 Å². The number of nitrogens with zero attached hydrogens (tertiary/aromatic N) is 2. The normalized spacial score (nSPS) is 9.90. The summed E-state index contributed by atoms with van der Waals surface area (Å²) in [6.07, 6.45) is 1.64. The Morgan fingerprint density at radius 3 is 2.70 bits per heavy atom. The predicted octanol–water partition coefficient (Wildman–Crippen LogP) is 1.56.